The lowest BCUT2D eigenvalue weighted by Gasteiger charge is -2.17. The fourth-order valence-corrected chi connectivity index (χ4v) is 2.74. The summed E-state index contributed by atoms with van der Waals surface area (Å²) in [6.45, 7) is 2.26. The van der Waals surface area contributed by atoms with Gasteiger partial charge in [-0.2, -0.15) is 13.2 Å². The molecule has 0 saturated heterocycles. The van der Waals surface area contributed by atoms with E-state index in [1.165, 1.54) is 12.1 Å². The van der Waals surface area contributed by atoms with Crippen LogP contribution in [0.1, 0.15) is 30.4 Å². The molecule has 2 rings (SSSR count). The van der Waals surface area contributed by atoms with E-state index in [9.17, 15) is 18.0 Å². The third-order valence-corrected chi connectivity index (χ3v) is 4.60. The summed E-state index contributed by atoms with van der Waals surface area (Å²) in [7, 11) is 0. The maximum absolute atomic E-state index is 12.7. The van der Waals surface area contributed by atoms with Gasteiger partial charge in [0, 0.05) is 18.2 Å². The maximum atomic E-state index is 12.7. The van der Waals surface area contributed by atoms with Gasteiger partial charge >= 0.3 is 12.2 Å². The number of hydrogen-bond acceptors (Lipinski definition) is 1. The van der Waals surface area contributed by atoms with Crippen LogP contribution in [0.2, 0.25) is 10.0 Å². The van der Waals surface area contributed by atoms with Crippen molar-refractivity contribution < 1.29 is 18.0 Å². The number of urea groups is 1. The quantitative estimate of drug-likeness (QED) is 0.600. The van der Waals surface area contributed by atoms with Gasteiger partial charge in [-0.1, -0.05) is 42.3 Å². The average Bonchev–Trinajstić information content (AvgIpc) is 2.58. The molecule has 1 atom stereocenters. The lowest BCUT2D eigenvalue weighted by molar-refractivity contribution is -0.137. The molecule has 0 bridgehead atoms. The molecule has 0 aliphatic rings. The number of halogens is 5. The van der Waals surface area contributed by atoms with Gasteiger partial charge in [0.2, 0.25) is 0 Å². The molecule has 2 aromatic carbocycles. The van der Waals surface area contributed by atoms with Crippen molar-refractivity contribution >= 4 is 34.9 Å². The summed E-state index contributed by atoms with van der Waals surface area (Å²) in [6, 6.07) is 9.14. The van der Waals surface area contributed by atoms with Crippen LogP contribution in [-0.2, 0) is 6.18 Å². The first-order chi connectivity index (χ1) is 12.2. The molecular weight excluding hydrogens is 388 g/mol. The standard InChI is InChI=1S/C18H17Cl2F3N2O/c1-2-11(12-6-7-15(19)16(20)8-12)10-24-17(26)25-14-5-3-4-13(9-14)18(21,22)23/h3-9,11H,2,10H2,1H3,(H2,24,25,26). The number of carbonyl (C=O) groups excluding carboxylic acids is 1. The van der Waals surface area contributed by atoms with Crippen molar-refractivity contribution in [3.63, 3.8) is 0 Å². The number of benzene rings is 2. The Balaban J connectivity index is 1.98. The number of anilines is 1. The van der Waals surface area contributed by atoms with Crippen molar-refractivity contribution in [2.75, 3.05) is 11.9 Å². The summed E-state index contributed by atoms with van der Waals surface area (Å²) in [5, 5.41) is 5.95. The van der Waals surface area contributed by atoms with Crippen LogP contribution in [0, 0.1) is 0 Å². The van der Waals surface area contributed by atoms with Crippen LogP contribution in [0.4, 0.5) is 23.7 Å². The Bertz CT molecular complexity index is 781. The van der Waals surface area contributed by atoms with Gasteiger partial charge < -0.3 is 10.6 Å². The molecule has 2 amide bonds. The van der Waals surface area contributed by atoms with Crippen LogP contribution in [0.5, 0.6) is 0 Å². The van der Waals surface area contributed by atoms with E-state index in [4.69, 9.17) is 23.2 Å². The van der Waals surface area contributed by atoms with Crippen LogP contribution in [0.25, 0.3) is 0 Å². The summed E-state index contributed by atoms with van der Waals surface area (Å²) < 4.78 is 38.1. The zero-order chi connectivity index (χ0) is 19.3. The third kappa shape index (κ3) is 5.54. The highest BCUT2D eigenvalue weighted by Crippen LogP contribution is 2.31. The third-order valence-electron chi connectivity index (χ3n) is 3.86. The molecule has 0 aromatic heterocycles. The van der Waals surface area contributed by atoms with Gasteiger partial charge in [0.05, 0.1) is 15.6 Å². The lowest BCUT2D eigenvalue weighted by Crippen LogP contribution is -2.32. The number of carbonyl (C=O) groups is 1. The fourth-order valence-electron chi connectivity index (χ4n) is 2.43. The molecule has 0 aliphatic carbocycles. The molecule has 2 N–H and O–H groups in total. The number of amides is 2. The average molecular weight is 405 g/mol. The SMILES string of the molecule is CCC(CNC(=O)Nc1cccc(C(F)(F)F)c1)c1ccc(Cl)c(Cl)c1. The van der Waals surface area contributed by atoms with Gasteiger partial charge in [0.1, 0.15) is 0 Å². The molecule has 0 heterocycles. The zero-order valence-electron chi connectivity index (χ0n) is 13.8. The lowest BCUT2D eigenvalue weighted by atomic mass is 9.96. The van der Waals surface area contributed by atoms with E-state index >= 15 is 0 Å². The molecule has 8 heteroatoms. The molecule has 3 nitrogen and oxygen atoms in total. The Hall–Kier alpha value is -1.92. The highest BCUT2D eigenvalue weighted by Gasteiger charge is 2.30. The van der Waals surface area contributed by atoms with Crippen LogP contribution < -0.4 is 10.6 Å². The largest absolute Gasteiger partial charge is 0.416 e. The van der Waals surface area contributed by atoms with E-state index in [1.807, 2.05) is 13.0 Å². The Morgan fingerprint density at radius 1 is 1.12 bits per heavy atom. The van der Waals surface area contributed by atoms with E-state index in [0.29, 0.717) is 16.6 Å². The topological polar surface area (TPSA) is 41.1 Å². The molecule has 1 unspecified atom stereocenters. The van der Waals surface area contributed by atoms with E-state index in [-0.39, 0.29) is 11.6 Å². The van der Waals surface area contributed by atoms with Gasteiger partial charge in [0.25, 0.3) is 0 Å². The van der Waals surface area contributed by atoms with Crippen molar-refractivity contribution in [1.82, 2.24) is 5.32 Å². The minimum Gasteiger partial charge on any atom is -0.337 e. The second-order valence-corrected chi connectivity index (χ2v) is 6.51. The van der Waals surface area contributed by atoms with Crippen LogP contribution >= 0.6 is 23.2 Å². The van der Waals surface area contributed by atoms with Gasteiger partial charge in [-0.3, -0.25) is 0 Å². The highest BCUT2D eigenvalue weighted by atomic mass is 35.5. The van der Waals surface area contributed by atoms with Crippen molar-refractivity contribution in [3.8, 4) is 0 Å². The summed E-state index contributed by atoms with van der Waals surface area (Å²) >= 11 is 11.9. The van der Waals surface area contributed by atoms with E-state index in [1.54, 1.807) is 12.1 Å². The first-order valence-corrected chi connectivity index (χ1v) is 8.63. The van der Waals surface area contributed by atoms with Crippen LogP contribution in [0.15, 0.2) is 42.5 Å². The minimum absolute atomic E-state index is 0.00275. The highest BCUT2D eigenvalue weighted by molar-refractivity contribution is 6.42. The van der Waals surface area contributed by atoms with Crippen LogP contribution in [0.3, 0.4) is 0 Å². The number of hydrogen-bond donors (Lipinski definition) is 2. The van der Waals surface area contributed by atoms with Gasteiger partial charge in [-0.15, -0.1) is 0 Å². The summed E-state index contributed by atoms with van der Waals surface area (Å²) in [4.78, 5) is 12.0. The Kier molecular flexibility index (Phi) is 6.78. The summed E-state index contributed by atoms with van der Waals surface area (Å²) in [5.74, 6) is -0.00275. The molecule has 0 fully saturated rings. The Morgan fingerprint density at radius 2 is 1.85 bits per heavy atom. The molecule has 0 radical (unpaired) electrons. The van der Waals surface area contributed by atoms with Crippen molar-refractivity contribution in [2.45, 2.75) is 25.4 Å². The van der Waals surface area contributed by atoms with Crippen molar-refractivity contribution in [3.05, 3.63) is 63.6 Å². The monoisotopic (exact) mass is 404 g/mol. The first kappa shape index (κ1) is 20.4. The number of alkyl halides is 3. The Labute approximate surface area is 159 Å². The van der Waals surface area contributed by atoms with E-state index in [2.05, 4.69) is 10.6 Å². The molecular formula is C18H17Cl2F3N2O. The van der Waals surface area contributed by atoms with Crippen molar-refractivity contribution in [1.29, 1.82) is 0 Å². The van der Waals surface area contributed by atoms with E-state index in [0.717, 1.165) is 24.1 Å². The van der Waals surface area contributed by atoms with Crippen LogP contribution in [-0.4, -0.2) is 12.6 Å². The van der Waals surface area contributed by atoms with E-state index < -0.39 is 17.8 Å². The van der Waals surface area contributed by atoms with Gasteiger partial charge in [-0.25, -0.2) is 4.79 Å². The minimum atomic E-state index is -4.46. The number of rotatable bonds is 5. The normalized spacial score (nSPS) is 12.5. The molecule has 0 saturated carbocycles. The van der Waals surface area contributed by atoms with Gasteiger partial charge in [-0.05, 0) is 42.3 Å². The molecule has 140 valence electrons. The maximum Gasteiger partial charge on any atom is 0.416 e. The Morgan fingerprint density at radius 3 is 2.46 bits per heavy atom. The smallest absolute Gasteiger partial charge is 0.337 e. The molecule has 26 heavy (non-hydrogen) atoms. The number of nitrogens with one attached hydrogen (secondary N) is 2. The second kappa shape index (κ2) is 8.64. The zero-order valence-corrected chi connectivity index (χ0v) is 15.3. The first-order valence-electron chi connectivity index (χ1n) is 7.87. The molecule has 0 aliphatic heterocycles. The molecule has 2 aromatic rings. The predicted molar refractivity (Wildman–Crippen MR) is 98.0 cm³/mol. The van der Waals surface area contributed by atoms with Gasteiger partial charge in [0.15, 0.2) is 0 Å². The summed E-state index contributed by atoms with van der Waals surface area (Å²) in [6.07, 6.45) is -3.73. The fraction of sp³-hybridized carbons (Fsp3) is 0.278. The van der Waals surface area contributed by atoms with Crippen molar-refractivity contribution in [2.24, 2.45) is 0 Å². The molecule has 0 spiro atoms. The predicted octanol–water partition coefficient (Wildman–Crippen LogP) is 6.33. The summed E-state index contributed by atoms with van der Waals surface area (Å²) in [5.41, 5.74) is 0.165. The second-order valence-electron chi connectivity index (χ2n) is 5.69.